The lowest BCUT2D eigenvalue weighted by atomic mass is 10.0. The quantitative estimate of drug-likeness (QED) is 0.841. The highest BCUT2D eigenvalue weighted by atomic mass is 16.5. The van der Waals surface area contributed by atoms with Crippen LogP contribution in [0.1, 0.15) is 45.0 Å². The van der Waals surface area contributed by atoms with E-state index in [1.807, 2.05) is 6.33 Å². The molecule has 1 saturated heterocycles. The van der Waals surface area contributed by atoms with Gasteiger partial charge in [0, 0.05) is 12.1 Å². The van der Waals surface area contributed by atoms with Gasteiger partial charge in [-0.1, -0.05) is 6.92 Å². The highest BCUT2D eigenvalue weighted by Gasteiger charge is 2.33. The van der Waals surface area contributed by atoms with Gasteiger partial charge in [0.25, 0.3) is 0 Å². The summed E-state index contributed by atoms with van der Waals surface area (Å²) in [6, 6.07) is 0.768. The molecule has 2 rings (SSSR count). The van der Waals surface area contributed by atoms with E-state index < -0.39 is 0 Å². The van der Waals surface area contributed by atoms with Gasteiger partial charge in [-0.2, -0.15) is 0 Å². The predicted molar refractivity (Wildman–Crippen MR) is 66.0 cm³/mol. The monoisotopic (exact) mass is 238 g/mol. The normalized spacial score (nSPS) is 24.7. The number of rotatable bonds is 5. The van der Waals surface area contributed by atoms with Crippen molar-refractivity contribution in [1.82, 2.24) is 20.1 Å². The van der Waals surface area contributed by atoms with Gasteiger partial charge in [-0.15, -0.1) is 10.2 Å². The van der Waals surface area contributed by atoms with Gasteiger partial charge in [0.2, 0.25) is 0 Å². The van der Waals surface area contributed by atoms with E-state index in [9.17, 15) is 0 Å². The summed E-state index contributed by atoms with van der Waals surface area (Å²) in [5.41, 5.74) is 0. The van der Waals surface area contributed by atoms with Crippen LogP contribution in [0.5, 0.6) is 0 Å². The molecule has 96 valence electrons. The number of hydrogen-bond acceptors (Lipinski definition) is 4. The van der Waals surface area contributed by atoms with Crippen LogP contribution < -0.4 is 5.32 Å². The summed E-state index contributed by atoms with van der Waals surface area (Å²) in [6.45, 7) is 9.02. The molecule has 2 unspecified atom stereocenters. The lowest BCUT2D eigenvalue weighted by Gasteiger charge is -2.20. The lowest BCUT2D eigenvalue weighted by molar-refractivity contribution is 0.187. The van der Waals surface area contributed by atoms with Crippen LogP contribution in [0.25, 0.3) is 0 Å². The van der Waals surface area contributed by atoms with Crippen molar-refractivity contribution in [2.75, 3.05) is 19.8 Å². The second-order valence-corrected chi connectivity index (χ2v) is 4.89. The predicted octanol–water partition coefficient (Wildman–Crippen LogP) is 1.34. The van der Waals surface area contributed by atoms with Gasteiger partial charge in [0.15, 0.2) is 0 Å². The maximum Gasteiger partial charge on any atom is 0.140 e. The molecule has 1 aliphatic rings. The van der Waals surface area contributed by atoms with Crippen LogP contribution in [0.15, 0.2) is 6.33 Å². The Hall–Kier alpha value is -0.940. The summed E-state index contributed by atoms with van der Waals surface area (Å²) < 4.78 is 7.72. The van der Waals surface area contributed by atoms with Crippen molar-refractivity contribution in [3.05, 3.63) is 12.2 Å². The van der Waals surface area contributed by atoms with Crippen LogP contribution in [-0.2, 0) is 4.74 Å². The van der Waals surface area contributed by atoms with Crippen molar-refractivity contribution in [2.24, 2.45) is 0 Å². The Balaban J connectivity index is 2.11. The van der Waals surface area contributed by atoms with E-state index in [2.05, 4.69) is 40.9 Å². The Labute approximate surface area is 103 Å². The molecule has 0 aromatic carbocycles. The summed E-state index contributed by atoms with van der Waals surface area (Å²) >= 11 is 0. The minimum atomic E-state index is 0.325. The molecule has 0 bridgehead atoms. The van der Waals surface area contributed by atoms with E-state index in [1.54, 1.807) is 0 Å². The van der Waals surface area contributed by atoms with Gasteiger partial charge < -0.3 is 14.6 Å². The fraction of sp³-hybridized carbons (Fsp3) is 0.833. The van der Waals surface area contributed by atoms with Crippen LogP contribution in [0.3, 0.4) is 0 Å². The zero-order valence-corrected chi connectivity index (χ0v) is 10.9. The molecule has 0 amide bonds. The summed E-state index contributed by atoms with van der Waals surface area (Å²) in [7, 11) is 0. The molecule has 1 aromatic heterocycles. The Bertz CT molecular complexity index is 350. The molecule has 0 spiro atoms. The fourth-order valence-corrected chi connectivity index (χ4v) is 2.25. The highest BCUT2D eigenvalue weighted by Crippen LogP contribution is 2.25. The van der Waals surface area contributed by atoms with Gasteiger partial charge >= 0.3 is 0 Å². The number of ether oxygens (including phenoxy) is 1. The van der Waals surface area contributed by atoms with Crippen LogP contribution in [-0.4, -0.2) is 40.6 Å². The first-order chi connectivity index (χ1) is 8.24. The molecule has 17 heavy (non-hydrogen) atoms. The Morgan fingerprint density at radius 3 is 3.06 bits per heavy atom. The second kappa shape index (κ2) is 5.60. The maximum atomic E-state index is 5.58. The number of aromatic nitrogens is 3. The van der Waals surface area contributed by atoms with Gasteiger partial charge in [-0.25, -0.2) is 0 Å². The number of nitrogens with zero attached hydrogens (tertiary/aromatic N) is 3. The van der Waals surface area contributed by atoms with E-state index in [0.717, 1.165) is 32.0 Å². The summed E-state index contributed by atoms with van der Waals surface area (Å²) in [5, 5.41) is 11.8. The summed E-state index contributed by atoms with van der Waals surface area (Å²) in [5.74, 6) is 1.37. The molecule has 0 saturated carbocycles. The van der Waals surface area contributed by atoms with E-state index in [4.69, 9.17) is 4.74 Å². The van der Waals surface area contributed by atoms with Gasteiger partial charge in [-0.05, 0) is 26.8 Å². The van der Waals surface area contributed by atoms with Crippen LogP contribution >= 0.6 is 0 Å². The first-order valence-corrected chi connectivity index (χ1v) is 6.44. The largest absolute Gasteiger partial charge is 0.379 e. The Morgan fingerprint density at radius 1 is 1.53 bits per heavy atom. The third-order valence-electron chi connectivity index (χ3n) is 3.23. The van der Waals surface area contributed by atoms with Crippen LogP contribution in [0, 0.1) is 0 Å². The van der Waals surface area contributed by atoms with E-state index >= 15 is 0 Å². The molecular weight excluding hydrogens is 216 g/mol. The molecule has 0 radical (unpaired) electrons. The third-order valence-corrected chi connectivity index (χ3v) is 3.23. The zero-order chi connectivity index (χ0) is 12.3. The molecule has 1 aromatic rings. The van der Waals surface area contributed by atoms with Crippen molar-refractivity contribution >= 4 is 0 Å². The molecule has 0 aliphatic carbocycles. The highest BCUT2D eigenvalue weighted by molar-refractivity contribution is 5.05. The smallest absolute Gasteiger partial charge is 0.140 e. The molecule has 2 atom stereocenters. The fourth-order valence-electron chi connectivity index (χ4n) is 2.25. The Morgan fingerprint density at radius 2 is 2.35 bits per heavy atom. The van der Waals surface area contributed by atoms with Crippen molar-refractivity contribution in [3.8, 4) is 0 Å². The Kier molecular flexibility index (Phi) is 4.12. The average molecular weight is 238 g/mol. The maximum absolute atomic E-state index is 5.58. The molecule has 1 N–H and O–H groups in total. The van der Waals surface area contributed by atoms with Gasteiger partial charge in [0.05, 0.1) is 19.1 Å². The third kappa shape index (κ3) is 2.66. The molecule has 1 aliphatic heterocycles. The summed E-state index contributed by atoms with van der Waals surface area (Å²) in [4.78, 5) is 0. The number of hydrogen-bond donors (Lipinski definition) is 1. The SMILES string of the molecule is CCCNC1COCC1c1nncn1C(C)C. The van der Waals surface area contributed by atoms with E-state index in [-0.39, 0.29) is 0 Å². The lowest BCUT2D eigenvalue weighted by Crippen LogP contribution is -2.36. The average Bonchev–Trinajstić information content (AvgIpc) is 2.94. The van der Waals surface area contributed by atoms with E-state index in [1.165, 1.54) is 0 Å². The first kappa shape index (κ1) is 12.5. The first-order valence-electron chi connectivity index (χ1n) is 6.44. The molecule has 5 nitrogen and oxygen atoms in total. The van der Waals surface area contributed by atoms with E-state index in [0.29, 0.717) is 18.0 Å². The molecule has 2 heterocycles. The zero-order valence-electron chi connectivity index (χ0n) is 10.9. The molecule has 1 fully saturated rings. The topological polar surface area (TPSA) is 52.0 Å². The minimum absolute atomic E-state index is 0.325. The minimum Gasteiger partial charge on any atom is -0.379 e. The summed E-state index contributed by atoms with van der Waals surface area (Å²) in [6.07, 6.45) is 2.95. The van der Waals surface area contributed by atoms with Crippen LogP contribution in [0.2, 0.25) is 0 Å². The van der Waals surface area contributed by atoms with Crippen molar-refractivity contribution in [1.29, 1.82) is 0 Å². The van der Waals surface area contributed by atoms with Crippen molar-refractivity contribution in [3.63, 3.8) is 0 Å². The standard InChI is InChI=1S/C12H22N4O/c1-4-5-13-11-7-17-6-10(11)12-15-14-8-16(12)9(2)3/h8-11,13H,4-7H2,1-3H3. The number of nitrogens with one attached hydrogen (secondary N) is 1. The van der Waals surface area contributed by atoms with Crippen molar-refractivity contribution in [2.45, 2.75) is 45.2 Å². The molecule has 5 heteroatoms. The second-order valence-electron chi connectivity index (χ2n) is 4.89. The van der Waals surface area contributed by atoms with Crippen molar-refractivity contribution < 1.29 is 4.74 Å². The molecular formula is C12H22N4O. The van der Waals surface area contributed by atoms with Gasteiger partial charge in [0.1, 0.15) is 12.2 Å². The van der Waals surface area contributed by atoms with Crippen LogP contribution in [0.4, 0.5) is 0 Å². The van der Waals surface area contributed by atoms with Gasteiger partial charge in [-0.3, -0.25) is 0 Å².